The Balaban J connectivity index is 2.46. The molecule has 1 unspecified atom stereocenters. The maximum atomic E-state index is 12.9. The van der Waals surface area contributed by atoms with Crippen LogP contribution in [0.2, 0.25) is 0 Å². The summed E-state index contributed by atoms with van der Waals surface area (Å²) in [5.74, 6) is -1.46. The Hall–Kier alpha value is -2.23. The summed E-state index contributed by atoms with van der Waals surface area (Å²) in [6.07, 6.45) is -11.2. The molecule has 0 aromatic heterocycles. The molecule has 2 rings (SSSR count). The van der Waals surface area contributed by atoms with Crippen LogP contribution in [-0.4, -0.2) is 34.1 Å². The van der Waals surface area contributed by atoms with E-state index in [2.05, 4.69) is 0 Å². The number of amides is 1. The van der Waals surface area contributed by atoms with Gasteiger partial charge in [-0.05, 0) is 12.1 Å². The number of hydrogen-bond acceptors (Lipinski definition) is 3. The van der Waals surface area contributed by atoms with Crippen LogP contribution in [0.25, 0.3) is 0 Å². The predicted octanol–water partition coefficient (Wildman–Crippen LogP) is 2.34. The van der Waals surface area contributed by atoms with Crippen molar-refractivity contribution in [2.75, 3.05) is 0 Å². The van der Waals surface area contributed by atoms with Gasteiger partial charge >= 0.3 is 12.4 Å². The van der Waals surface area contributed by atoms with Gasteiger partial charge in [0, 0.05) is 11.6 Å². The van der Waals surface area contributed by atoms with Crippen LogP contribution in [0.4, 0.5) is 26.3 Å². The number of rotatable bonds is 1. The number of carbonyl (C=O) groups is 1. The SMILES string of the molecule is O=C(c1ccccc1)N1NC(C(F)(F)F)=CC1(O)C(F)(F)F. The number of carbonyl (C=O) groups excluding carboxylic acids is 1. The molecule has 0 spiro atoms. The second-order valence-electron chi connectivity index (χ2n) is 4.40. The molecule has 1 aliphatic rings. The molecule has 22 heavy (non-hydrogen) atoms. The fourth-order valence-corrected chi connectivity index (χ4v) is 1.77. The van der Waals surface area contributed by atoms with Crippen LogP contribution in [-0.2, 0) is 0 Å². The summed E-state index contributed by atoms with van der Waals surface area (Å²) < 4.78 is 76.6. The molecule has 1 aromatic carbocycles. The average molecular weight is 326 g/mol. The molecule has 0 saturated heterocycles. The van der Waals surface area contributed by atoms with Crippen molar-refractivity contribution in [3.05, 3.63) is 47.7 Å². The van der Waals surface area contributed by atoms with Crippen LogP contribution in [0.15, 0.2) is 42.1 Å². The minimum Gasteiger partial charge on any atom is -0.359 e. The van der Waals surface area contributed by atoms with Gasteiger partial charge in [0.2, 0.25) is 0 Å². The lowest BCUT2D eigenvalue weighted by molar-refractivity contribution is -0.283. The smallest absolute Gasteiger partial charge is 0.359 e. The molecule has 120 valence electrons. The normalized spacial score (nSPS) is 22.3. The number of hydrogen-bond donors (Lipinski definition) is 2. The molecule has 0 aliphatic carbocycles. The lowest BCUT2D eigenvalue weighted by atomic mass is 10.1. The van der Waals surface area contributed by atoms with E-state index >= 15 is 0 Å². The molecule has 2 N–H and O–H groups in total. The molecule has 1 amide bonds. The molecule has 0 radical (unpaired) electrons. The molecule has 1 aliphatic heterocycles. The summed E-state index contributed by atoms with van der Waals surface area (Å²) in [6, 6.07) is 6.30. The molecule has 10 heteroatoms. The highest BCUT2D eigenvalue weighted by Crippen LogP contribution is 2.41. The number of alkyl halides is 6. The molecular weight excluding hydrogens is 318 g/mol. The van der Waals surface area contributed by atoms with Crippen LogP contribution in [0, 0.1) is 0 Å². The third-order valence-corrected chi connectivity index (χ3v) is 2.87. The molecular formula is C12H8F6N2O2. The Morgan fingerprint density at radius 2 is 1.64 bits per heavy atom. The Labute approximate surface area is 119 Å². The van der Waals surface area contributed by atoms with Crippen LogP contribution < -0.4 is 5.43 Å². The van der Waals surface area contributed by atoms with Gasteiger partial charge in [-0.3, -0.25) is 10.2 Å². The van der Waals surface area contributed by atoms with E-state index in [1.54, 1.807) is 0 Å². The highest BCUT2D eigenvalue weighted by Gasteiger charge is 2.64. The van der Waals surface area contributed by atoms with Crippen LogP contribution in [0.5, 0.6) is 0 Å². The van der Waals surface area contributed by atoms with Crippen molar-refractivity contribution in [3.8, 4) is 0 Å². The first-order valence-corrected chi connectivity index (χ1v) is 5.72. The van der Waals surface area contributed by atoms with E-state index in [1.807, 2.05) is 0 Å². The number of nitrogens with zero attached hydrogens (tertiary/aromatic N) is 1. The molecule has 0 saturated carbocycles. The van der Waals surface area contributed by atoms with Crippen LogP contribution in [0.3, 0.4) is 0 Å². The number of nitrogens with one attached hydrogen (secondary N) is 1. The molecule has 1 heterocycles. The van der Waals surface area contributed by atoms with E-state index < -0.39 is 40.8 Å². The van der Waals surface area contributed by atoms with Crippen molar-refractivity contribution in [1.82, 2.24) is 10.4 Å². The van der Waals surface area contributed by atoms with E-state index in [9.17, 15) is 36.2 Å². The Morgan fingerprint density at radius 3 is 2.09 bits per heavy atom. The van der Waals surface area contributed by atoms with Gasteiger partial charge in [-0.1, -0.05) is 18.2 Å². The minimum atomic E-state index is -5.53. The summed E-state index contributed by atoms with van der Waals surface area (Å²) in [5.41, 5.74) is -5.03. The summed E-state index contributed by atoms with van der Waals surface area (Å²) in [5, 5.41) is 9.10. The molecule has 0 bridgehead atoms. The monoisotopic (exact) mass is 326 g/mol. The zero-order valence-corrected chi connectivity index (χ0v) is 10.5. The second kappa shape index (κ2) is 4.90. The van der Waals surface area contributed by atoms with Crippen molar-refractivity contribution < 1.29 is 36.2 Å². The van der Waals surface area contributed by atoms with Gasteiger partial charge < -0.3 is 5.11 Å². The Kier molecular flexibility index (Phi) is 3.60. The Morgan fingerprint density at radius 1 is 1.09 bits per heavy atom. The van der Waals surface area contributed by atoms with Crippen LogP contribution in [0.1, 0.15) is 10.4 Å². The van der Waals surface area contributed by atoms with Crippen molar-refractivity contribution >= 4 is 5.91 Å². The van der Waals surface area contributed by atoms with Crippen molar-refractivity contribution in [2.24, 2.45) is 0 Å². The number of halogens is 6. The predicted molar refractivity (Wildman–Crippen MR) is 60.9 cm³/mol. The first kappa shape index (κ1) is 16.1. The quantitative estimate of drug-likeness (QED) is 0.779. The Bertz CT molecular complexity index is 610. The molecule has 1 atom stereocenters. The van der Waals surface area contributed by atoms with Gasteiger partial charge in [0.15, 0.2) is 0 Å². The fourth-order valence-electron chi connectivity index (χ4n) is 1.77. The number of aliphatic hydroxyl groups is 1. The van der Waals surface area contributed by atoms with Crippen molar-refractivity contribution in [1.29, 1.82) is 0 Å². The van der Waals surface area contributed by atoms with E-state index in [0.717, 1.165) is 12.1 Å². The molecule has 1 aromatic rings. The summed E-state index contributed by atoms with van der Waals surface area (Å²) in [4.78, 5) is 12.0. The number of hydrazine groups is 1. The van der Waals surface area contributed by atoms with Gasteiger partial charge in [0.05, 0.1) is 0 Å². The highest BCUT2D eigenvalue weighted by molar-refractivity contribution is 5.94. The maximum absolute atomic E-state index is 12.9. The first-order chi connectivity index (χ1) is 9.97. The zero-order chi connectivity index (χ0) is 16.8. The van der Waals surface area contributed by atoms with E-state index in [1.165, 1.54) is 23.6 Å². The third kappa shape index (κ3) is 2.61. The first-order valence-electron chi connectivity index (χ1n) is 5.72. The van der Waals surface area contributed by atoms with Gasteiger partial charge in [-0.15, -0.1) is 0 Å². The topological polar surface area (TPSA) is 52.6 Å². The van der Waals surface area contributed by atoms with E-state index in [0.29, 0.717) is 0 Å². The van der Waals surface area contributed by atoms with Gasteiger partial charge in [0.1, 0.15) is 5.70 Å². The molecule has 0 fully saturated rings. The summed E-state index contributed by atoms with van der Waals surface area (Å²) >= 11 is 0. The summed E-state index contributed by atoms with van der Waals surface area (Å²) in [6.45, 7) is 0. The van der Waals surface area contributed by atoms with Crippen molar-refractivity contribution in [3.63, 3.8) is 0 Å². The largest absolute Gasteiger partial charge is 0.442 e. The van der Waals surface area contributed by atoms with Gasteiger partial charge in [-0.2, -0.15) is 26.3 Å². The molecule has 4 nitrogen and oxygen atoms in total. The second-order valence-corrected chi connectivity index (χ2v) is 4.40. The lowest BCUT2D eigenvalue weighted by Crippen LogP contribution is -2.60. The maximum Gasteiger partial charge on any atom is 0.442 e. The zero-order valence-electron chi connectivity index (χ0n) is 10.5. The fraction of sp³-hybridized carbons (Fsp3) is 0.250. The summed E-state index contributed by atoms with van der Waals surface area (Å²) in [7, 11) is 0. The van der Waals surface area contributed by atoms with Gasteiger partial charge in [0.25, 0.3) is 11.6 Å². The standard InChI is InChI=1S/C12H8F6N2O2/c13-11(14,15)8-6-10(22,12(16,17)18)20(19-8)9(21)7-4-2-1-3-5-7/h1-6,19,22H. The average Bonchev–Trinajstić information content (AvgIpc) is 2.78. The van der Waals surface area contributed by atoms with E-state index in [4.69, 9.17) is 0 Å². The van der Waals surface area contributed by atoms with Gasteiger partial charge in [-0.25, -0.2) is 5.01 Å². The third-order valence-electron chi connectivity index (χ3n) is 2.87. The minimum absolute atomic E-state index is 0.325. The number of benzene rings is 1. The lowest BCUT2D eigenvalue weighted by Gasteiger charge is -2.33. The van der Waals surface area contributed by atoms with Crippen LogP contribution >= 0.6 is 0 Å². The van der Waals surface area contributed by atoms with Crippen molar-refractivity contribution in [2.45, 2.75) is 18.1 Å². The van der Waals surface area contributed by atoms with E-state index in [-0.39, 0.29) is 5.56 Å². The highest BCUT2D eigenvalue weighted by atomic mass is 19.4. The number of allylic oxidation sites excluding steroid dienone is 1.